The van der Waals surface area contributed by atoms with Crippen molar-refractivity contribution in [3.63, 3.8) is 0 Å². The van der Waals surface area contributed by atoms with Crippen molar-refractivity contribution in [3.8, 4) is 0 Å². The average molecular weight is 294 g/mol. The summed E-state index contributed by atoms with van der Waals surface area (Å²) in [5.41, 5.74) is 0.516. The average Bonchev–Trinajstić information content (AvgIpc) is 2.48. The lowest BCUT2D eigenvalue weighted by atomic mass is 9.97. The van der Waals surface area contributed by atoms with Gasteiger partial charge < -0.3 is 9.64 Å². The maximum Gasteiger partial charge on any atom is 0.314 e. The fourth-order valence-electron chi connectivity index (χ4n) is 2.74. The number of halogens is 1. The number of quaternary nitrogens is 1. The number of nitrogens with one attached hydrogen (secondary N) is 1. The fraction of sp³-hybridized carbons (Fsp3) is 0.500. The summed E-state index contributed by atoms with van der Waals surface area (Å²) in [6.07, 6.45) is 1.74. The topological polar surface area (TPSA) is 47.8 Å². The number of esters is 1. The first kappa shape index (κ1) is 15.6. The minimum atomic E-state index is -0.348. The van der Waals surface area contributed by atoms with Crippen LogP contribution in [-0.4, -0.2) is 38.0 Å². The van der Waals surface area contributed by atoms with Crippen LogP contribution in [0.5, 0.6) is 0 Å². The van der Waals surface area contributed by atoms with E-state index in [1.165, 1.54) is 24.3 Å². The Kier molecular flexibility index (Phi) is 5.44. The minimum Gasteiger partial charge on any atom is -0.466 e. The highest BCUT2D eigenvalue weighted by Gasteiger charge is 2.30. The van der Waals surface area contributed by atoms with Crippen molar-refractivity contribution in [1.82, 2.24) is 0 Å². The Morgan fingerprint density at radius 1 is 1.33 bits per heavy atom. The Morgan fingerprint density at radius 2 is 2.05 bits per heavy atom. The van der Waals surface area contributed by atoms with Gasteiger partial charge >= 0.3 is 5.97 Å². The molecule has 0 bridgehead atoms. The number of ketones is 1. The maximum atomic E-state index is 12.9. The van der Waals surface area contributed by atoms with E-state index in [4.69, 9.17) is 4.74 Å². The number of carbonyl (C=O) groups excluding carboxylic acids is 2. The van der Waals surface area contributed by atoms with Gasteiger partial charge in [0.1, 0.15) is 18.3 Å². The molecule has 1 heterocycles. The van der Waals surface area contributed by atoms with E-state index in [9.17, 15) is 14.0 Å². The van der Waals surface area contributed by atoms with Crippen molar-refractivity contribution < 1.29 is 23.6 Å². The van der Waals surface area contributed by atoms with E-state index in [1.54, 1.807) is 6.92 Å². The van der Waals surface area contributed by atoms with Crippen LogP contribution in [0.2, 0.25) is 0 Å². The quantitative estimate of drug-likeness (QED) is 0.647. The lowest BCUT2D eigenvalue weighted by molar-refractivity contribution is -0.899. The van der Waals surface area contributed by atoms with Crippen LogP contribution in [0.3, 0.4) is 0 Å². The molecule has 2 rings (SSSR count). The molecule has 4 nitrogen and oxygen atoms in total. The summed E-state index contributed by atoms with van der Waals surface area (Å²) in [7, 11) is 0. The monoisotopic (exact) mass is 294 g/mol. The Balaban J connectivity index is 1.91. The van der Waals surface area contributed by atoms with E-state index < -0.39 is 0 Å². The van der Waals surface area contributed by atoms with E-state index in [0.717, 1.165) is 24.3 Å². The molecule has 1 unspecified atom stereocenters. The van der Waals surface area contributed by atoms with E-state index in [-0.39, 0.29) is 23.5 Å². The van der Waals surface area contributed by atoms with Gasteiger partial charge in [-0.3, -0.25) is 9.59 Å². The molecular formula is C16H21FNO3+. The molecule has 1 aliphatic heterocycles. The molecule has 0 amide bonds. The molecule has 0 aliphatic carbocycles. The number of hydrogen-bond donors (Lipinski definition) is 1. The smallest absolute Gasteiger partial charge is 0.314 e. The Labute approximate surface area is 123 Å². The van der Waals surface area contributed by atoms with E-state index in [2.05, 4.69) is 0 Å². The number of rotatable bonds is 5. The third-order valence-electron chi connectivity index (χ3n) is 3.81. The van der Waals surface area contributed by atoms with Crippen LogP contribution in [0, 0.1) is 11.7 Å². The van der Waals surface area contributed by atoms with Crippen molar-refractivity contribution >= 4 is 11.8 Å². The van der Waals surface area contributed by atoms with Gasteiger partial charge in [0.05, 0.1) is 19.7 Å². The highest BCUT2D eigenvalue weighted by atomic mass is 19.1. The van der Waals surface area contributed by atoms with Gasteiger partial charge in [-0.1, -0.05) is 0 Å². The SMILES string of the molecule is CCOC(=O)[C@H]1CCC[NH+](CC(=O)c2ccc(F)cc2)C1. The van der Waals surface area contributed by atoms with Gasteiger partial charge in [-0.2, -0.15) is 0 Å². The molecule has 114 valence electrons. The molecule has 0 aromatic heterocycles. The number of hydrogen-bond acceptors (Lipinski definition) is 3. The van der Waals surface area contributed by atoms with Crippen molar-refractivity contribution in [2.45, 2.75) is 19.8 Å². The van der Waals surface area contributed by atoms with Gasteiger partial charge in [-0.15, -0.1) is 0 Å². The summed E-state index contributed by atoms with van der Waals surface area (Å²) in [4.78, 5) is 25.0. The maximum absolute atomic E-state index is 12.9. The summed E-state index contributed by atoms with van der Waals surface area (Å²) in [6, 6.07) is 5.59. The van der Waals surface area contributed by atoms with Crippen LogP contribution < -0.4 is 4.90 Å². The predicted molar refractivity (Wildman–Crippen MR) is 75.7 cm³/mol. The third kappa shape index (κ3) is 4.36. The van der Waals surface area contributed by atoms with Gasteiger partial charge in [0.15, 0.2) is 0 Å². The van der Waals surface area contributed by atoms with Crippen molar-refractivity contribution in [1.29, 1.82) is 0 Å². The molecule has 5 heteroatoms. The third-order valence-corrected chi connectivity index (χ3v) is 3.81. The summed E-state index contributed by atoms with van der Waals surface area (Å²) in [6.45, 7) is 4.03. The molecule has 1 saturated heterocycles. The zero-order chi connectivity index (χ0) is 15.2. The largest absolute Gasteiger partial charge is 0.466 e. The number of Topliss-reactive ketones (excluding diaryl/α,β-unsaturated/α-hetero) is 1. The normalized spacial score (nSPS) is 21.8. The van der Waals surface area contributed by atoms with Gasteiger partial charge in [-0.05, 0) is 44.0 Å². The van der Waals surface area contributed by atoms with Crippen LogP contribution >= 0.6 is 0 Å². The van der Waals surface area contributed by atoms with Crippen molar-refractivity contribution in [2.24, 2.45) is 5.92 Å². The number of piperidine rings is 1. The van der Waals surface area contributed by atoms with E-state index in [0.29, 0.717) is 25.3 Å². The second-order valence-corrected chi connectivity index (χ2v) is 5.40. The molecular weight excluding hydrogens is 273 g/mol. The molecule has 1 aromatic rings. The molecule has 0 saturated carbocycles. The number of likely N-dealkylation sites (tertiary alicyclic amines) is 1. The van der Waals surface area contributed by atoms with Crippen LogP contribution in [0.4, 0.5) is 4.39 Å². The lowest BCUT2D eigenvalue weighted by Crippen LogP contribution is -3.14. The second-order valence-electron chi connectivity index (χ2n) is 5.40. The molecule has 1 aliphatic rings. The van der Waals surface area contributed by atoms with E-state index >= 15 is 0 Å². The summed E-state index contributed by atoms with van der Waals surface area (Å²) in [5.74, 6) is -0.646. The summed E-state index contributed by atoms with van der Waals surface area (Å²) >= 11 is 0. The van der Waals surface area contributed by atoms with Crippen LogP contribution in [0.25, 0.3) is 0 Å². The zero-order valence-electron chi connectivity index (χ0n) is 12.2. The Morgan fingerprint density at radius 3 is 2.71 bits per heavy atom. The van der Waals surface area contributed by atoms with Gasteiger partial charge in [-0.25, -0.2) is 4.39 Å². The molecule has 2 atom stereocenters. The molecule has 21 heavy (non-hydrogen) atoms. The highest BCUT2D eigenvalue weighted by molar-refractivity contribution is 5.96. The molecule has 0 spiro atoms. The predicted octanol–water partition coefficient (Wildman–Crippen LogP) is 0.866. The molecule has 1 fully saturated rings. The van der Waals surface area contributed by atoms with Gasteiger partial charge in [0, 0.05) is 5.56 Å². The second kappa shape index (κ2) is 7.31. The first-order chi connectivity index (χ1) is 10.1. The summed E-state index contributed by atoms with van der Waals surface area (Å²) in [5, 5.41) is 0. The molecule has 0 radical (unpaired) electrons. The van der Waals surface area contributed by atoms with Crippen molar-refractivity contribution in [2.75, 3.05) is 26.2 Å². The van der Waals surface area contributed by atoms with E-state index in [1.807, 2.05) is 0 Å². The number of ether oxygens (including phenoxy) is 1. The van der Waals surface area contributed by atoms with Crippen LogP contribution in [-0.2, 0) is 9.53 Å². The summed E-state index contributed by atoms with van der Waals surface area (Å²) < 4.78 is 17.9. The minimum absolute atomic E-state index is 0.0190. The van der Waals surface area contributed by atoms with Crippen molar-refractivity contribution in [3.05, 3.63) is 35.6 Å². The van der Waals surface area contributed by atoms with Crippen LogP contribution in [0.1, 0.15) is 30.1 Å². The fourth-order valence-corrected chi connectivity index (χ4v) is 2.74. The molecule has 1 N–H and O–H groups in total. The van der Waals surface area contributed by atoms with Gasteiger partial charge in [0.2, 0.25) is 5.78 Å². The lowest BCUT2D eigenvalue weighted by Gasteiger charge is -2.28. The first-order valence-corrected chi connectivity index (χ1v) is 7.39. The highest BCUT2D eigenvalue weighted by Crippen LogP contribution is 2.10. The van der Waals surface area contributed by atoms with Gasteiger partial charge in [0.25, 0.3) is 0 Å². The zero-order valence-corrected chi connectivity index (χ0v) is 12.2. The number of benzene rings is 1. The first-order valence-electron chi connectivity index (χ1n) is 7.39. The van der Waals surface area contributed by atoms with Crippen LogP contribution in [0.15, 0.2) is 24.3 Å². The molecule has 1 aromatic carbocycles. The Bertz CT molecular complexity index is 501. The number of carbonyl (C=O) groups is 2. The standard InChI is InChI=1S/C16H20FNO3/c1-2-21-16(20)13-4-3-9-18(10-13)11-15(19)12-5-7-14(17)8-6-12/h5-8,13H,2-4,9-11H2,1H3/p+1/t13-/m0/s1. The Hall–Kier alpha value is -1.75.